The van der Waals surface area contributed by atoms with Gasteiger partial charge < -0.3 is 5.11 Å². The summed E-state index contributed by atoms with van der Waals surface area (Å²) in [5, 5.41) is 9.45. The minimum atomic E-state index is -4.36. The summed E-state index contributed by atoms with van der Waals surface area (Å²) in [5.41, 5.74) is 2.42. The largest absolute Gasteiger partial charge is 0.481 e. The van der Waals surface area contributed by atoms with Gasteiger partial charge in [-0.25, -0.2) is 0 Å². The van der Waals surface area contributed by atoms with Crippen LogP contribution < -0.4 is 0 Å². The van der Waals surface area contributed by atoms with Gasteiger partial charge in [0, 0.05) is 19.1 Å². The van der Waals surface area contributed by atoms with E-state index in [0.29, 0.717) is 31.8 Å². The number of hydrogen-bond acceptors (Lipinski definition) is 2. The van der Waals surface area contributed by atoms with Gasteiger partial charge in [-0.3, -0.25) is 9.69 Å². The van der Waals surface area contributed by atoms with E-state index < -0.39 is 23.6 Å². The van der Waals surface area contributed by atoms with E-state index in [1.165, 1.54) is 17.7 Å². The van der Waals surface area contributed by atoms with Gasteiger partial charge in [0.25, 0.3) is 0 Å². The van der Waals surface area contributed by atoms with Gasteiger partial charge >= 0.3 is 12.1 Å². The molecule has 0 amide bonds. The van der Waals surface area contributed by atoms with E-state index in [1.54, 1.807) is 0 Å². The zero-order valence-electron chi connectivity index (χ0n) is 16.6. The number of hydrogen-bond donors (Lipinski definition) is 1. The van der Waals surface area contributed by atoms with Gasteiger partial charge in [-0.15, -0.1) is 0 Å². The van der Waals surface area contributed by atoms with Crippen molar-refractivity contribution in [2.24, 2.45) is 5.92 Å². The highest BCUT2D eigenvalue weighted by atomic mass is 19.4. The average molecular weight is 405 g/mol. The maximum absolute atomic E-state index is 12.9. The first kappa shape index (κ1) is 21.4. The van der Waals surface area contributed by atoms with Gasteiger partial charge in [0.05, 0.1) is 11.5 Å². The van der Waals surface area contributed by atoms with Crippen molar-refractivity contribution in [1.29, 1.82) is 0 Å². The van der Waals surface area contributed by atoms with E-state index in [1.807, 2.05) is 12.1 Å². The van der Waals surface area contributed by atoms with Gasteiger partial charge in [0.15, 0.2) is 0 Å². The van der Waals surface area contributed by atoms with Crippen LogP contribution >= 0.6 is 0 Å². The molecule has 3 nitrogen and oxygen atoms in total. The van der Waals surface area contributed by atoms with E-state index in [4.69, 9.17) is 0 Å². The zero-order chi connectivity index (χ0) is 21.2. The Kier molecular flexibility index (Phi) is 6.32. The minimum absolute atomic E-state index is 0.0994. The van der Waals surface area contributed by atoms with Gasteiger partial charge in [-0.05, 0) is 47.6 Å². The summed E-state index contributed by atoms with van der Waals surface area (Å²) in [6, 6.07) is 13.4. The fourth-order valence-corrected chi connectivity index (χ4v) is 3.93. The molecule has 3 rings (SSSR count). The van der Waals surface area contributed by atoms with Gasteiger partial charge in [0.2, 0.25) is 0 Å². The van der Waals surface area contributed by atoms with Crippen LogP contribution in [0.1, 0.15) is 60.9 Å². The molecule has 2 aromatic carbocycles. The Balaban J connectivity index is 1.83. The summed E-state index contributed by atoms with van der Waals surface area (Å²) in [5.74, 6) is -0.859. The fraction of sp³-hybridized carbons (Fsp3) is 0.435. The Hall–Kier alpha value is -2.34. The van der Waals surface area contributed by atoms with Crippen LogP contribution in [0.25, 0.3) is 0 Å². The van der Waals surface area contributed by atoms with Gasteiger partial charge in [0.1, 0.15) is 0 Å². The third-order valence-corrected chi connectivity index (χ3v) is 5.69. The van der Waals surface area contributed by atoms with Crippen molar-refractivity contribution < 1.29 is 23.1 Å². The second-order valence-corrected chi connectivity index (χ2v) is 8.07. The highest BCUT2D eigenvalue weighted by Gasteiger charge is 2.34. The molecule has 0 radical (unpaired) electrons. The molecule has 6 heteroatoms. The standard InChI is InChI=1S/C23H26F3NO2/c1-15(2)17-5-3-16(4-6-17)13-27-14-19(22(28)29)9-12-21(27)18-7-10-20(11-8-18)23(24,25)26/h3-8,10-11,15,19,21H,9,12-14H2,1-2H3,(H,28,29)/t19-,21+/m1/s1. The first-order valence-electron chi connectivity index (χ1n) is 9.88. The molecule has 1 N–H and O–H groups in total. The van der Waals surface area contributed by atoms with Crippen molar-refractivity contribution in [3.8, 4) is 0 Å². The van der Waals surface area contributed by atoms with Crippen molar-refractivity contribution >= 4 is 5.97 Å². The smallest absolute Gasteiger partial charge is 0.416 e. The normalized spacial score (nSPS) is 20.8. The second kappa shape index (κ2) is 8.57. The van der Waals surface area contributed by atoms with Gasteiger partial charge in [-0.2, -0.15) is 13.2 Å². The average Bonchev–Trinajstić information content (AvgIpc) is 2.68. The van der Waals surface area contributed by atoms with Crippen molar-refractivity contribution in [2.75, 3.05) is 6.54 Å². The first-order chi connectivity index (χ1) is 13.6. The minimum Gasteiger partial charge on any atom is -0.481 e. The van der Waals surface area contributed by atoms with Crippen LogP contribution in [-0.4, -0.2) is 22.5 Å². The number of carboxylic acids is 1. The molecule has 0 aliphatic carbocycles. The summed E-state index contributed by atoms with van der Waals surface area (Å²) in [7, 11) is 0. The van der Waals surface area contributed by atoms with Crippen molar-refractivity contribution in [2.45, 2.75) is 51.4 Å². The molecule has 1 aliphatic rings. The number of aliphatic carboxylic acids is 1. The molecule has 2 atom stereocenters. The van der Waals surface area contributed by atoms with E-state index in [0.717, 1.165) is 23.3 Å². The van der Waals surface area contributed by atoms with Crippen molar-refractivity contribution in [3.63, 3.8) is 0 Å². The van der Waals surface area contributed by atoms with Crippen LogP contribution in [0.4, 0.5) is 13.2 Å². The van der Waals surface area contributed by atoms with E-state index in [2.05, 4.69) is 30.9 Å². The maximum atomic E-state index is 12.9. The van der Waals surface area contributed by atoms with Crippen LogP contribution in [0.2, 0.25) is 0 Å². The Morgan fingerprint density at radius 3 is 2.21 bits per heavy atom. The Labute approximate surface area is 169 Å². The van der Waals surface area contributed by atoms with Gasteiger partial charge in [-0.1, -0.05) is 50.2 Å². The van der Waals surface area contributed by atoms with Crippen molar-refractivity contribution in [3.05, 3.63) is 70.8 Å². The highest BCUT2D eigenvalue weighted by molar-refractivity contribution is 5.70. The van der Waals surface area contributed by atoms with Crippen LogP contribution in [0.5, 0.6) is 0 Å². The maximum Gasteiger partial charge on any atom is 0.416 e. The molecular formula is C23H26F3NO2. The van der Waals surface area contributed by atoms with E-state index in [9.17, 15) is 23.1 Å². The Morgan fingerprint density at radius 2 is 1.69 bits per heavy atom. The molecule has 1 saturated heterocycles. The molecule has 0 aromatic heterocycles. The monoisotopic (exact) mass is 405 g/mol. The van der Waals surface area contributed by atoms with Crippen molar-refractivity contribution in [1.82, 2.24) is 4.90 Å². The van der Waals surface area contributed by atoms with Crippen LogP contribution in [-0.2, 0) is 17.5 Å². The third-order valence-electron chi connectivity index (χ3n) is 5.69. The molecule has 0 bridgehead atoms. The second-order valence-electron chi connectivity index (χ2n) is 8.07. The lowest BCUT2D eigenvalue weighted by Gasteiger charge is -2.39. The highest BCUT2D eigenvalue weighted by Crippen LogP contribution is 2.36. The summed E-state index contributed by atoms with van der Waals surface area (Å²) in [4.78, 5) is 13.6. The predicted octanol–water partition coefficient (Wildman–Crippen LogP) is 5.87. The SMILES string of the molecule is CC(C)c1ccc(CN2C[C@H](C(=O)O)CC[C@H]2c2ccc(C(F)(F)F)cc2)cc1. The summed E-state index contributed by atoms with van der Waals surface area (Å²) in [6.45, 7) is 5.19. The Bertz CT molecular complexity index is 829. The van der Waals surface area contributed by atoms with Crippen LogP contribution in [0.15, 0.2) is 48.5 Å². The molecule has 1 fully saturated rings. The molecule has 0 spiro atoms. The lowest BCUT2D eigenvalue weighted by atomic mass is 9.88. The molecule has 0 unspecified atom stereocenters. The number of halogens is 3. The number of nitrogens with zero attached hydrogens (tertiary/aromatic N) is 1. The molecule has 2 aromatic rings. The predicted molar refractivity (Wildman–Crippen MR) is 105 cm³/mol. The Morgan fingerprint density at radius 1 is 1.07 bits per heavy atom. The summed E-state index contributed by atoms with van der Waals surface area (Å²) in [6.07, 6.45) is -3.24. The molecule has 1 aliphatic heterocycles. The summed E-state index contributed by atoms with van der Waals surface area (Å²) >= 11 is 0. The third kappa shape index (κ3) is 5.18. The number of likely N-dealkylation sites (tertiary alicyclic amines) is 1. The first-order valence-corrected chi connectivity index (χ1v) is 9.88. The number of rotatable bonds is 5. The quantitative estimate of drug-likeness (QED) is 0.677. The fourth-order valence-electron chi connectivity index (χ4n) is 3.93. The molecule has 0 saturated carbocycles. The molecule has 156 valence electrons. The number of carbonyl (C=O) groups is 1. The molecular weight excluding hydrogens is 379 g/mol. The zero-order valence-corrected chi connectivity index (χ0v) is 16.6. The summed E-state index contributed by atoms with van der Waals surface area (Å²) < 4.78 is 38.6. The number of alkyl halides is 3. The lowest BCUT2D eigenvalue weighted by molar-refractivity contribution is -0.144. The topological polar surface area (TPSA) is 40.5 Å². The van der Waals surface area contributed by atoms with E-state index in [-0.39, 0.29) is 6.04 Å². The molecule has 29 heavy (non-hydrogen) atoms. The number of piperidine rings is 1. The van der Waals surface area contributed by atoms with Crippen LogP contribution in [0, 0.1) is 5.92 Å². The van der Waals surface area contributed by atoms with E-state index >= 15 is 0 Å². The number of benzene rings is 2. The molecule has 1 heterocycles. The number of carboxylic acid groups (broad SMARTS) is 1. The lowest BCUT2D eigenvalue weighted by Crippen LogP contribution is -2.40. The van der Waals surface area contributed by atoms with Crippen LogP contribution in [0.3, 0.4) is 0 Å².